The lowest BCUT2D eigenvalue weighted by atomic mass is 9.82. The van der Waals surface area contributed by atoms with E-state index in [-0.39, 0.29) is 5.41 Å². The summed E-state index contributed by atoms with van der Waals surface area (Å²) < 4.78 is 4.89. The van der Waals surface area contributed by atoms with E-state index in [1.54, 1.807) is 12.1 Å². The number of rotatable bonds is 3. The van der Waals surface area contributed by atoms with E-state index in [0.29, 0.717) is 5.75 Å². The van der Waals surface area contributed by atoms with Gasteiger partial charge in [-0.2, -0.15) is 0 Å². The Hall–Kier alpha value is -1.55. The van der Waals surface area contributed by atoms with Gasteiger partial charge in [0.25, 0.3) is 0 Å². The molecule has 1 rings (SSSR count). The van der Waals surface area contributed by atoms with Crippen LogP contribution in [0.4, 0.5) is 4.79 Å². The Morgan fingerprint density at radius 1 is 1.38 bits per heavy atom. The van der Waals surface area contributed by atoms with Gasteiger partial charge >= 0.3 is 6.09 Å². The van der Waals surface area contributed by atoms with Gasteiger partial charge in [0, 0.05) is 0 Å². The Balaban J connectivity index is 2.79. The maximum absolute atomic E-state index is 10.9. The molecule has 3 N–H and O–H groups in total. The van der Waals surface area contributed by atoms with Gasteiger partial charge in [0.1, 0.15) is 5.75 Å². The summed E-state index contributed by atoms with van der Waals surface area (Å²) in [6, 6.07) is 7.45. The minimum Gasteiger partial charge on any atom is -0.409 e. The zero-order valence-corrected chi connectivity index (χ0v) is 9.91. The van der Waals surface area contributed by atoms with Crippen LogP contribution in [-0.2, 0) is 5.41 Å². The fraction of sp³-hybridized carbons (Fsp3) is 0.417. The number of hydrazine groups is 1. The molecule has 0 saturated carbocycles. The first-order chi connectivity index (χ1) is 7.49. The normalized spacial score (nSPS) is 11.0. The molecule has 0 bridgehead atoms. The molecular weight excluding hydrogens is 204 g/mol. The van der Waals surface area contributed by atoms with Crippen molar-refractivity contribution < 1.29 is 9.53 Å². The summed E-state index contributed by atoms with van der Waals surface area (Å²) in [5.41, 5.74) is 3.26. The van der Waals surface area contributed by atoms with Crippen LogP contribution >= 0.6 is 0 Å². The van der Waals surface area contributed by atoms with E-state index in [9.17, 15) is 4.79 Å². The molecule has 4 heteroatoms. The van der Waals surface area contributed by atoms with E-state index in [2.05, 4.69) is 20.8 Å². The number of carbonyl (C=O) groups is 1. The van der Waals surface area contributed by atoms with Crippen LogP contribution in [-0.4, -0.2) is 6.09 Å². The number of hydrogen-bond donors (Lipinski definition) is 2. The van der Waals surface area contributed by atoms with Gasteiger partial charge in [-0.15, -0.1) is 0 Å². The molecule has 1 aromatic rings. The van der Waals surface area contributed by atoms with Gasteiger partial charge in [-0.1, -0.05) is 32.9 Å². The van der Waals surface area contributed by atoms with Crippen LogP contribution in [0.1, 0.15) is 32.8 Å². The Kier molecular flexibility index (Phi) is 3.90. The highest BCUT2D eigenvalue weighted by molar-refractivity contribution is 5.69. The summed E-state index contributed by atoms with van der Waals surface area (Å²) >= 11 is 0. The highest BCUT2D eigenvalue weighted by Gasteiger charge is 2.17. The van der Waals surface area contributed by atoms with Crippen molar-refractivity contribution >= 4 is 6.09 Å². The molecule has 1 aromatic carbocycles. The molecular formula is C12H18N2O2. The fourth-order valence-corrected chi connectivity index (χ4v) is 1.31. The lowest BCUT2D eigenvalue weighted by Crippen LogP contribution is -2.32. The van der Waals surface area contributed by atoms with Crippen molar-refractivity contribution in [2.75, 3.05) is 0 Å². The highest BCUT2D eigenvalue weighted by Crippen LogP contribution is 2.27. The number of benzene rings is 1. The third kappa shape index (κ3) is 2.97. The SMILES string of the molecule is CCC(C)(C)c1ccc(OC(=O)NN)cc1. The van der Waals surface area contributed by atoms with Crippen LogP contribution in [0.25, 0.3) is 0 Å². The molecule has 1 amide bonds. The molecule has 16 heavy (non-hydrogen) atoms. The number of carbonyl (C=O) groups excluding carboxylic acids is 1. The third-order valence-corrected chi connectivity index (χ3v) is 2.85. The standard InChI is InChI=1S/C12H18N2O2/c1-4-12(2,3)9-5-7-10(8-6-9)16-11(15)14-13/h5-8H,4,13H2,1-3H3,(H,14,15). The van der Waals surface area contributed by atoms with Crippen LogP contribution < -0.4 is 16.0 Å². The largest absolute Gasteiger partial charge is 0.426 e. The zero-order chi connectivity index (χ0) is 12.2. The molecule has 88 valence electrons. The first-order valence-electron chi connectivity index (χ1n) is 5.28. The van der Waals surface area contributed by atoms with Gasteiger partial charge < -0.3 is 4.74 Å². The quantitative estimate of drug-likeness (QED) is 0.468. The second-order valence-electron chi connectivity index (χ2n) is 4.30. The van der Waals surface area contributed by atoms with Crippen LogP contribution in [0.2, 0.25) is 0 Å². The summed E-state index contributed by atoms with van der Waals surface area (Å²) in [5.74, 6) is 5.40. The van der Waals surface area contributed by atoms with E-state index in [0.717, 1.165) is 6.42 Å². The molecule has 0 aliphatic rings. The van der Waals surface area contributed by atoms with Crippen molar-refractivity contribution in [3.05, 3.63) is 29.8 Å². The average molecular weight is 222 g/mol. The first kappa shape index (κ1) is 12.5. The van der Waals surface area contributed by atoms with Crippen LogP contribution in [0.3, 0.4) is 0 Å². The lowest BCUT2D eigenvalue weighted by molar-refractivity contribution is 0.200. The maximum Gasteiger partial charge on any atom is 0.426 e. The van der Waals surface area contributed by atoms with E-state index < -0.39 is 6.09 Å². The van der Waals surface area contributed by atoms with E-state index in [4.69, 9.17) is 10.6 Å². The Morgan fingerprint density at radius 3 is 2.38 bits per heavy atom. The van der Waals surface area contributed by atoms with Crippen molar-refractivity contribution in [2.45, 2.75) is 32.6 Å². The molecule has 0 radical (unpaired) electrons. The Labute approximate surface area is 95.8 Å². The van der Waals surface area contributed by atoms with Gasteiger partial charge in [-0.3, -0.25) is 5.43 Å². The Bertz CT molecular complexity index is 358. The molecule has 0 unspecified atom stereocenters. The number of nitrogens with one attached hydrogen (secondary N) is 1. The predicted molar refractivity (Wildman–Crippen MR) is 63.1 cm³/mol. The van der Waals surface area contributed by atoms with Gasteiger partial charge in [0.05, 0.1) is 0 Å². The molecule has 0 fully saturated rings. The molecule has 0 aliphatic carbocycles. The van der Waals surface area contributed by atoms with Gasteiger partial charge in [0.2, 0.25) is 0 Å². The molecule has 0 spiro atoms. The van der Waals surface area contributed by atoms with E-state index >= 15 is 0 Å². The Morgan fingerprint density at radius 2 is 1.94 bits per heavy atom. The van der Waals surface area contributed by atoms with Crippen molar-refractivity contribution in [1.82, 2.24) is 5.43 Å². The highest BCUT2D eigenvalue weighted by atomic mass is 16.6. The predicted octanol–water partition coefficient (Wildman–Crippen LogP) is 2.34. The minimum absolute atomic E-state index is 0.134. The van der Waals surface area contributed by atoms with Gasteiger partial charge in [0.15, 0.2) is 0 Å². The summed E-state index contributed by atoms with van der Waals surface area (Å²) in [4.78, 5) is 10.9. The van der Waals surface area contributed by atoms with E-state index in [1.807, 2.05) is 17.6 Å². The zero-order valence-electron chi connectivity index (χ0n) is 9.91. The molecule has 0 atom stereocenters. The number of nitrogens with two attached hydrogens (primary N) is 1. The van der Waals surface area contributed by atoms with Crippen molar-refractivity contribution in [1.29, 1.82) is 0 Å². The topological polar surface area (TPSA) is 64.3 Å². The van der Waals surface area contributed by atoms with Crippen LogP contribution in [0.15, 0.2) is 24.3 Å². The monoisotopic (exact) mass is 222 g/mol. The second-order valence-corrected chi connectivity index (χ2v) is 4.30. The van der Waals surface area contributed by atoms with Gasteiger partial charge in [-0.05, 0) is 29.5 Å². The van der Waals surface area contributed by atoms with Gasteiger partial charge in [-0.25, -0.2) is 10.6 Å². The lowest BCUT2D eigenvalue weighted by Gasteiger charge is -2.23. The smallest absolute Gasteiger partial charge is 0.409 e. The van der Waals surface area contributed by atoms with Crippen molar-refractivity contribution in [3.63, 3.8) is 0 Å². The van der Waals surface area contributed by atoms with Crippen molar-refractivity contribution in [2.24, 2.45) is 5.84 Å². The average Bonchev–Trinajstić information content (AvgIpc) is 2.29. The first-order valence-corrected chi connectivity index (χ1v) is 5.28. The summed E-state index contributed by atoms with van der Waals surface area (Å²) in [6.07, 6.45) is 0.388. The molecule has 0 aromatic heterocycles. The minimum atomic E-state index is -0.664. The number of hydrogen-bond acceptors (Lipinski definition) is 3. The summed E-state index contributed by atoms with van der Waals surface area (Å²) in [7, 11) is 0. The van der Waals surface area contributed by atoms with Crippen LogP contribution in [0.5, 0.6) is 5.75 Å². The molecule has 0 heterocycles. The molecule has 0 aliphatic heterocycles. The number of amides is 1. The fourth-order valence-electron chi connectivity index (χ4n) is 1.31. The van der Waals surface area contributed by atoms with E-state index in [1.165, 1.54) is 5.56 Å². The summed E-state index contributed by atoms with van der Waals surface area (Å²) in [6.45, 7) is 6.50. The van der Waals surface area contributed by atoms with Crippen molar-refractivity contribution in [3.8, 4) is 5.75 Å². The second kappa shape index (κ2) is 4.99. The summed E-state index contributed by atoms with van der Waals surface area (Å²) in [5, 5.41) is 0. The van der Waals surface area contributed by atoms with Crippen LogP contribution in [0, 0.1) is 0 Å². The number of ether oxygens (including phenoxy) is 1. The maximum atomic E-state index is 10.9. The molecule has 4 nitrogen and oxygen atoms in total. The third-order valence-electron chi connectivity index (χ3n) is 2.85. The molecule has 0 saturated heterocycles.